The molecule has 0 radical (unpaired) electrons. The molecule has 0 unspecified atom stereocenters. The first kappa shape index (κ1) is 13.4. The summed E-state index contributed by atoms with van der Waals surface area (Å²) in [6.45, 7) is 2.48. The van der Waals surface area contributed by atoms with Crippen LogP contribution < -0.4 is 5.32 Å². The molecule has 0 aliphatic rings. The van der Waals surface area contributed by atoms with Crippen molar-refractivity contribution in [3.63, 3.8) is 0 Å². The molecule has 0 amide bonds. The first-order valence-corrected chi connectivity index (χ1v) is 5.84. The second-order valence-corrected chi connectivity index (χ2v) is 3.97. The van der Waals surface area contributed by atoms with Gasteiger partial charge in [-0.1, -0.05) is 6.92 Å². The fourth-order valence-electron chi connectivity index (χ4n) is 1.55. The van der Waals surface area contributed by atoms with Crippen LogP contribution in [0.25, 0.3) is 11.4 Å². The lowest BCUT2D eigenvalue weighted by atomic mass is 10.3. The van der Waals surface area contributed by atoms with Crippen molar-refractivity contribution in [3.05, 3.63) is 30.2 Å². The van der Waals surface area contributed by atoms with Gasteiger partial charge in [0.2, 0.25) is 5.82 Å². The van der Waals surface area contributed by atoms with E-state index in [2.05, 4.69) is 20.3 Å². The van der Waals surface area contributed by atoms with E-state index in [9.17, 15) is 13.2 Å². The average molecular weight is 270 g/mol. The van der Waals surface area contributed by atoms with Crippen LogP contribution in [0.15, 0.2) is 24.4 Å². The predicted molar refractivity (Wildman–Crippen MR) is 65.6 cm³/mol. The Balaban J connectivity index is 2.43. The van der Waals surface area contributed by atoms with Crippen molar-refractivity contribution in [3.8, 4) is 11.4 Å². The molecule has 0 saturated heterocycles. The van der Waals surface area contributed by atoms with Gasteiger partial charge in [0.25, 0.3) is 0 Å². The number of aromatic nitrogens is 3. The lowest BCUT2D eigenvalue weighted by molar-refractivity contribution is -0.144. The Morgan fingerprint density at radius 1 is 1.32 bits per heavy atom. The summed E-state index contributed by atoms with van der Waals surface area (Å²) in [6, 6.07) is 4.85. The number of hydrogen-bond donors (Lipinski definition) is 2. The van der Waals surface area contributed by atoms with Gasteiger partial charge in [-0.2, -0.15) is 13.2 Å². The molecular weight excluding hydrogens is 257 g/mol. The summed E-state index contributed by atoms with van der Waals surface area (Å²) in [6.07, 6.45) is -2.14. The molecule has 0 bridgehead atoms. The SMILES string of the molecule is CCCNc1cc(-c2ccc[nH]2)nc(C(F)(F)F)n1. The van der Waals surface area contributed by atoms with E-state index in [1.807, 2.05) is 6.92 Å². The molecule has 2 aromatic heterocycles. The van der Waals surface area contributed by atoms with E-state index in [4.69, 9.17) is 0 Å². The molecule has 2 heterocycles. The molecule has 0 saturated carbocycles. The lowest BCUT2D eigenvalue weighted by Gasteiger charge is -2.10. The van der Waals surface area contributed by atoms with Gasteiger partial charge in [-0.15, -0.1) is 0 Å². The van der Waals surface area contributed by atoms with Crippen molar-refractivity contribution in [2.45, 2.75) is 19.5 Å². The Kier molecular flexibility index (Phi) is 3.73. The molecule has 19 heavy (non-hydrogen) atoms. The largest absolute Gasteiger partial charge is 0.451 e. The zero-order valence-corrected chi connectivity index (χ0v) is 10.3. The molecule has 2 N–H and O–H groups in total. The van der Waals surface area contributed by atoms with Crippen LogP contribution in [0.5, 0.6) is 0 Å². The van der Waals surface area contributed by atoms with Crippen LogP contribution >= 0.6 is 0 Å². The fraction of sp³-hybridized carbons (Fsp3) is 0.333. The van der Waals surface area contributed by atoms with Gasteiger partial charge in [0.15, 0.2) is 0 Å². The van der Waals surface area contributed by atoms with Crippen LogP contribution in [-0.4, -0.2) is 21.5 Å². The number of anilines is 1. The molecule has 0 spiro atoms. The quantitative estimate of drug-likeness (QED) is 0.896. The molecule has 2 aromatic rings. The monoisotopic (exact) mass is 270 g/mol. The third-order valence-corrected chi connectivity index (χ3v) is 2.41. The Hall–Kier alpha value is -2.05. The maximum Gasteiger partial charge on any atom is 0.451 e. The maximum absolute atomic E-state index is 12.7. The molecule has 0 fully saturated rings. The molecule has 0 aliphatic carbocycles. The second-order valence-electron chi connectivity index (χ2n) is 3.97. The van der Waals surface area contributed by atoms with E-state index < -0.39 is 12.0 Å². The topological polar surface area (TPSA) is 53.6 Å². The van der Waals surface area contributed by atoms with Crippen LogP contribution in [-0.2, 0) is 6.18 Å². The first-order chi connectivity index (χ1) is 9.00. The van der Waals surface area contributed by atoms with Crippen molar-refractivity contribution >= 4 is 5.82 Å². The summed E-state index contributed by atoms with van der Waals surface area (Å²) in [7, 11) is 0. The highest BCUT2D eigenvalue weighted by Crippen LogP contribution is 2.29. The van der Waals surface area contributed by atoms with E-state index in [0.717, 1.165) is 6.42 Å². The number of hydrogen-bond acceptors (Lipinski definition) is 3. The maximum atomic E-state index is 12.7. The van der Waals surface area contributed by atoms with Gasteiger partial charge >= 0.3 is 6.18 Å². The van der Waals surface area contributed by atoms with E-state index in [-0.39, 0.29) is 11.5 Å². The molecule has 0 aromatic carbocycles. The van der Waals surface area contributed by atoms with Crippen LogP contribution in [0.2, 0.25) is 0 Å². The summed E-state index contributed by atoms with van der Waals surface area (Å²) in [4.78, 5) is 9.87. The first-order valence-electron chi connectivity index (χ1n) is 5.84. The lowest BCUT2D eigenvalue weighted by Crippen LogP contribution is -2.14. The van der Waals surface area contributed by atoms with Gasteiger partial charge in [-0.25, -0.2) is 9.97 Å². The number of alkyl halides is 3. The van der Waals surface area contributed by atoms with Crippen LogP contribution in [0.3, 0.4) is 0 Å². The van der Waals surface area contributed by atoms with E-state index in [1.165, 1.54) is 6.07 Å². The standard InChI is InChI=1S/C12H13F3N4/c1-2-5-17-10-7-9(8-4-3-6-16-8)18-11(19-10)12(13,14)15/h3-4,6-7,16H,2,5H2,1H3,(H,17,18,19). The minimum atomic E-state index is -4.56. The molecule has 2 rings (SSSR count). The molecule has 4 nitrogen and oxygen atoms in total. The number of nitrogens with one attached hydrogen (secondary N) is 2. The average Bonchev–Trinajstić information content (AvgIpc) is 2.89. The highest BCUT2D eigenvalue weighted by atomic mass is 19.4. The van der Waals surface area contributed by atoms with E-state index in [1.54, 1.807) is 18.3 Å². The molecule has 102 valence electrons. The summed E-state index contributed by atoms with van der Waals surface area (Å²) in [5.41, 5.74) is 0.735. The number of H-pyrrole nitrogens is 1. The zero-order chi connectivity index (χ0) is 13.9. The van der Waals surface area contributed by atoms with Gasteiger partial charge in [0, 0.05) is 18.8 Å². The third kappa shape index (κ3) is 3.24. The molecule has 7 heteroatoms. The van der Waals surface area contributed by atoms with Crippen molar-refractivity contribution in [1.82, 2.24) is 15.0 Å². The normalized spacial score (nSPS) is 11.6. The summed E-state index contributed by atoms with van der Waals surface area (Å²) in [5, 5.41) is 2.84. The van der Waals surface area contributed by atoms with Gasteiger partial charge in [-0.05, 0) is 18.6 Å². The van der Waals surface area contributed by atoms with E-state index >= 15 is 0 Å². The van der Waals surface area contributed by atoms with Crippen molar-refractivity contribution < 1.29 is 13.2 Å². The minimum absolute atomic E-state index is 0.175. The highest BCUT2D eigenvalue weighted by Gasteiger charge is 2.35. The molecule has 0 atom stereocenters. The smallest absolute Gasteiger partial charge is 0.370 e. The van der Waals surface area contributed by atoms with Gasteiger partial charge in [0.1, 0.15) is 5.82 Å². The summed E-state index contributed by atoms with van der Waals surface area (Å²) in [5.74, 6) is -0.966. The predicted octanol–water partition coefficient (Wildman–Crippen LogP) is 3.31. The zero-order valence-electron chi connectivity index (χ0n) is 10.3. The Labute approximate surface area is 108 Å². The van der Waals surface area contributed by atoms with E-state index in [0.29, 0.717) is 12.2 Å². The van der Waals surface area contributed by atoms with Crippen LogP contribution in [0.1, 0.15) is 19.2 Å². The number of rotatable bonds is 4. The minimum Gasteiger partial charge on any atom is -0.370 e. The van der Waals surface area contributed by atoms with Crippen molar-refractivity contribution in [2.24, 2.45) is 0 Å². The Morgan fingerprint density at radius 3 is 2.68 bits per heavy atom. The van der Waals surface area contributed by atoms with Crippen molar-refractivity contribution in [1.29, 1.82) is 0 Å². The Bertz CT molecular complexity index is 534. The summed E-state index contributed by atoms with van der Waals surface area (Å²) >= 11 is 0. The number of nitrogens with zero attached hydrogens (tertiary/aromatic N) is 2. The molecule has 0 aliphatic heterocycles. The van der Waals surface area contributed by atoms with Gasteiger partial charge in [-0.3, -0.25) is 0 Å². The fourth-order valence-corrected chi connectivity index (χ4v) is 1.55. The number of halogens is 3. The van der Waals surface area contributed by atoms with Gasteiger partial charge in [0.05, 0.1) is 11.4 Å². The van der Waals surface area contributed by atoms with Crippen LogP contribution in [0, 0.1) is 0 Å². The Morgan fingerprint density at radius 2 is 2.11 bits per heavy atom. The number of aromatic amines is 1. The summed E-state index contributed by atoms with van der Waals surface area (Å²) < 4.78 is 38.2. The van der Waals surface area contributed by atoms with Gasteiger partial charge < -0.3 is 10.3 Å². The van der Waals surface area contributed by atoms with Crippen LogP contribution in [0.4, 0.5) is 19.0 Å². The third-order valence-electron chi connectivity index (χ3n) is 2.41. The van der Waals surface area contributed by atoms with Crippen molar-refractivity contribution in [2.75, 3.05) is 11.9 Å². The highest BCUT2D eigenvalue weighted by molar-refractivity contribution is 5.58. The second kappa shape index (κ2) is 5.29. The molecular formula is C12H13F3N4.